The number of hydrogen-bond donors (Lipinski definition) is 2. The van der Waals surface area contributed by atoms with E-state index in [4.69, 9.17) is 4.74 Å². The number of carbonyl (C=O) groups is 2. The van der Waals surface area contributed by atoms with E-state index in [0.717, 1.165) is 19.3 Å². The van der Waals surface area contributed by atoms with Crippen LogP contribution in [-0.2, 0) is 9.53 Å². The molecule has 1 spiro atoms. The summed E-state index contributed by atoms with van der Waals surface area (Å²) in [5.74, 6) is -0.788. The van der Waals surface area contributed by atoms with E-state index < -0.39 is 23.1 Å². The first-order valence-electron chi connectivity index (χ1n) is 8.85. The number of alkyl carbamates (subject to hydrolysis) is 1. The molecule has 0 aromatic rings. The number of amides is 1. The minimum absolute atomic E-state index is 0.0757. The number of carboxylic acid groups (broad SMARTS) is 1. The van der Waals surface area contributed by atoms with E-state index in [1.54, 1.807) is 0 Å². The van der Waals surface area contributed by atoms with Crippen LogP contribution in [0, 0.1) is 10.8 Å². The highest BCUT2D eigenvalue weighted by Gasteiger charge is 2.58. The summed E-state index contributed by atoms with van der Waals surface area (Å²) in [7, 11) is 0. The maximum Gasteiger partial charge on any atom is 0.407 e. The molecule has 2 aliphatic carbocycles. The van der Waals surface area contributed by atoms with Gasteiger partial charge in [-0.1, -0.05) is 26.2 Å². The molecule has 0 radical (unpaired) electrons. The van der Waals surface area contributed by atoms with Gasteiger partial charge in [-0.2, -0.15) is 0 Å². The largest absolute Gasteiger partial charge is 0.481 e. The molecule has 2 unspecified atom stereocenters. The molecule has 2 atom stereocenters. The fraction of sp³-hybridized carbons (Fsp3) is 0.889. The van der Waals surface area contributed by atoms with Crippen LogP contribution >= 0.6 is 0 Å². The maximum absolute atomic E-state index is 12.2. The fourth-order valence-electron chi connectivity index (χ4n) is 4.56. The molecule has 132 valence electrons. The van der Waals surface area contributed by atoms with Gasteiger partial charge in [0.05, 0.1) is 5.41 Å². The molecule has 2 fully saturated rings. The molecule has 23 heavy (non-hydrogen) atoms. The Morgan fingerprint density at radius 1 is 1.22 bits per heavy atom. The average molecular weight is 325 g/mol. The van der Waals surface area contributed by atoms with Gasteiger partial charge in [0.1, 0.15) is 5.60 Å². The molecule has 5 heteroatoms. The van der Waals surface area contributed by atoms with Crippen molar-refractivity contribution in [3.05, 3.63) is 0 Å². The number of aliphatic carboxylic acids is 1. The molecular weight excluding hydrogens is 294 g/mol. The summed E-state index contributed by atoms with van der Waals surface area (Å²) in [5, 5.41) is 12.8. The number of nitrogens with one attached hydrogen (secondary N) is 1. The van der Waals surface area contributed by atoms with E-state index in [1.807, 2.05) is 27.7 Å². The monoisotopic (exact) mass is 325 g/mol. The molecule has 2 rings (SSSR count). The summed E-state index contributed by atoms with van der Waals surface area (Å²) < 4.78 is 5.35. The highest BCUT2D eigenvalue weighted by Crippen LogP contribution is 2.57. The van der Waals surface area contributed by atoms with Crippen LogP contribution in [0.1, 0.15) is 79.1 Å². The summed E-state index contributed by atoms with van der Waals surface area (Å²) >= 11 is 0. The van der Waals surface area contributed by atoms with Crippen molar-refractivity contribution in [2.24, 2.45) is 10.8 Å². The van der Waals surface area contributed by atoms with Gasteiger partial charge >= 0.3 is 12.1 Å². The van der Waals surface area contributed by atoms with E-state index in [-0.39, 0.29) is 11.5 Å². The second-order valence-corrected chi connectivity index (χ2v) is 8.46. The van der Waals surface area contributed by atoms with Gasteiger partial charge in [0.2, 0.25) is 0 Å². The highest BCUT2D eigenvalue weighted by atomic mass is 16.6. The maximum atomic E-state index is 12.2. The number of ether oxygens (including phenoxy) is 1. The molecule has 0 heterocycles. The lowest BCUT2D eigenvalue weighted by Crippen LogP contribution is -2.49. The quantitative estimate of drug-likeness (QED) is 0.819. The summed E-state index contributed by atoms with van der Waals surface area (Å²) in [6, 6.07) is -0.349. The van der Waals surface area contributed by atoms with Crippen molar-refractivity contribution in [2.45, 2.75) is 90.7 Å². The molecule has 2 saturated carbocycles. The molecule has 0 aromatic carbocycles. The van der Waals surface area contributed by atoms with Gasteiger partial charge in [-0.05, 0) is 58.3 Å². The van der Waals surface area contributed by atoms with Gasteiger partial charge in [0.25, 0.3) is 0 Å². The zero-order chi connectivity index (χ0) is 17.3. The summed E-state index contributed by atoms with van der Waals surface area (Å²) in [6.07, 6.45) is 7.18. The first-order valence-corrected chi connectivity index (χ1v) is 8.85. The Morgan fingerprint density at radius 2 is 1.83 bits per heavy atom. The van der Waals surface area contributed by atoms with Crippen LogP contribution in [0.5, 0.6) is 0 Å². The SMILES string of the molecule is CCC1(C(=O)O)CC2(CCCCC2)CC1NC(=O)OC(C)(C)C. The summed E-state index contributed by atoms with van der Waals surface area (Å²) in [6.45, 7) is 7.36. The van der Waals surface area contributed by atoms with E-state index in [2.05, 4.69) is 5.32 Å². The van der Waals surface area contributed by atoms with Crippen molar-refractivity contribution in [3.8, 4) is 0 Å². The van der Waals surface area contributed by atoms with Crippen molar-refractivity contribution in [1.29, 1.82) is 0 Å². The zero-order valence-corrected chi connectivity index (χ0v) is 14.9. The van der Waals surface area contributed by atoms with Crippen molar-refractivity contribution < 1.29 is 19.4 Å². The molecule has 0 bridgehead atoms. The van der Waals surface area contributed by atoms with Crippen molar-refractivity contribution in [2.75, 3.05) is 0 Å². The lowest BCUT2D eigenvalue weighted by Gasteiger charge is -2.34. The van der Waals surface area contributed by atoms with Crippen LogP contribution in [0.15, 0.2) is 0 Å². The third-order valence-corrected chi connectivity index (χ3v) is 5.66. The van der Waals surface area contributed by atoms with Gasteiger partial charge in [-0.15, -0.1) is 0 Å². The first kappa shape index (κ1) is 18.1. The van der Waals surface area contributed by atoms with Crippen LogP contribution in [0.4, 0.5) is 4.79 Å². The Kier molecular flexibility index (Phi) is 4.97. The average Bonchev–Trinajstić information content (AvgIpc) is 2.72. The van der Waals surface area contributed by atoms with Crippen LogP contribution in [0.2, 0.25) is 0 Å². The Hall–Kier alpha value is -1.26. The summed E-state index contributed by atoms with van der Waals surface area (Å²) in [5.41, 5.74) is -1.37. The van der Waals surface area contributed by atoms with Gasteiger partial charge in [0, 0.05) is 6.04 Å². The zero-order valence-electron chi connectivity index (χ0n) is 14.9. The predicted molar refractivity (Wildman–Crippen MR) is 88.3 cm³/mol. The third-order valence-electron chi connectivity index (χ3n) is 5.66. The van der Waals surface area contributed by atoms with E-state index in [0.29, 0.717) is 12.8 Å². The van der Waals surface area contributed by atoms with E-state index >= 15 is 0 Å². The van der Waals surface area contributed by atoms with Crippen molar-refractivity contribution in [1.82, 2.24) is 5.32 Å². The second-order valence-electron chi connectivity index (χ2n) is 8.46. The molecule has 0 aromatic heterocycles. The van der Waals surface area contributed by atoms with Gasteiger partial charge in [-0.3, -0.25) is 4.79 Å². The number of carboxylic acids is 1. The van der Waals surface area contributed by atoms with Gasteiger partial charge in [0.15, 0.2) is 0 Å². The molecule has 0 aliphatic heterocycles. The smallest absolute Gasteiger partial charge is 0.407 e. The molecule has 2 N–H and O–H groups in total. The van der Waals surface area contributed by atoms with Crippen molar-refractivity contribution in [3.63, 3.8) is 0 Å². The van der Waals surface area contributed by atoms with Gasteiger partial charge < -0.3 is 15.2 Å². The summed E-state index contributed by atoms with van der Waals surface area (Å²) in [4.78, 5) is 24.3. The molecule has 2 aliphatic rings. The van der Waals surface area contributed by atoms with Crippen LogP contribution in [0.3, 0.4) is 0 Å². The van der Waals surface area contributed by atoms with Crippen LogP contribution in [-0.4, -0.2) is 28.8 Å². The van der Waals surface area contributed by atoms with E-state index in [9.17, 15) is 14.7 Å². The normalized spacial score (nSPS) is 30.2. The lowest BCUT2D eigenvalue weighted by molar-refractivity contribution is -0.150. The minimum Gasteiger partial charge on any atom is -0.481 e. The Labute approximate surface area is 139 Å². The standard InChI is InChI=1S/C18H31NO4/c1-5-18(14(20)21)12-17(9-7-6-8-10-17)11-13(18)19-15(22)23-16(2,3)4/h13H,5-12H2,1-4H3,(H,19,22)(H,20,21). The van der Waals surface area contributed by atoms with Crippen molar-refractivity contribution >= 4 is 12.1 Å². The number of hydrogen-bond acceptors (Lipinski definition) is 3. The molecular formula is C18H31NO4. The Morgan fingerprint density at radius 3 is 2.30 bits per heavy atom. The highest BCUT2D eigenvalue weighted by molar-refractivity contribution is 5.78. The first-order chi connectivity index (χ1) is 10.6. The van der Waals surface area contributed by atoms with E-state index in [1.165, 1.54) is 19.3 Å². The van der Waals surface area contributed by atoms with Crippen LogP contribution in [0.25, 0.3) is 0 Å². The molecule has 0 saturated heterocycles. The Balaban J connectivity index is 2.20. The third kappa shape index (κ3) is 3.81. The predicted octanol–water partition coefficient (Wildman–Crippen LogP) is 4.11. The number of rotatable bonds is 3. The fourth-order valence-corrected chi connectivity index (χ4v) is 4.56. The van der Waals surface area contributed by atoms with Crippen LogP contribution < -0.4 is 5.32 Å². The molecule has 5 nitrogen and oxygen atoms in total. The Bertz CT molecular complexity index is 462. The van der Waals surface area contributed by atoms with Gasteiger partial charge in [-0.25, -0.2) is 4.79 Å². The lowest BCUT2D eigenvalue weighted by atomic mass is 9.70. The number of carbonyl (C=O) groups excluding carboxylic acids is 1. The molecule has 1 amide bonds. The minimum atomic E-state index is -0.867. The topological polar surface area (TPSA) is 75.6 Å². The second kappa shape index (κ2) is 6.33.